The molecule has 0 amide bonds. The fraction of sp³-hybridized carbons (Fsp3) is 0.375. The van der Waals surface area contributed by atoms with Gasteiger partial charge in [-0.15, -0.1) is 0 Å². The largest absolute Gasteiger partial charge is 0.469 e. The summed E-state index contributed by atoms with van der Waals surface area (Å²) in [7, 11) is 0. The molecule has 0 aliphatic rings. The van der Waals surface area contributed by atoms with Crippen molar-refractivity contribution >= 4 is 21.7 Å². The maximum absolute atomic E-state index is 10.8. The van der Waals surface area contributed by atoms with E-state index in [1.54, 1.807) is 6.26 Å². The van der Waals surface area contributed by atoms with Gasteiger partial charge in [0.15, 0.2) is 0 Å². The first-order valence-electron chi connectivity index (χ1n) is 3.43. The average molecular weight is 217 g/mol. The second kappa shape index (κ2) is 4.34. The van der Waals surface area contributed by atoms with E-state index in [1.165, 1.54) is 0 Å². The zero-order valence-electron chi connectivity index (χ0n) is 6.05. The Kier molecular flexibility index (Phi) is 3.36. The van der Waals surface area contributed by atoms with Gasteiger partial charge in [-0.05, 0) is 12.1 Å². The number of furan rings is 1. The molecule has 60 valence electrons. The number of rotatable bonds is 4. The number of halogens is 1. The summed E-state index contributed by atoms with van der Waals surface area (Å²) in [6.45, 7) is 0. The Morgan fingerprint density at radius 1 is 1.64 bits per heavy atom. The van der Waals surface area contributed by atoms with E-state index in [4.69, 9.17) is 4.42 Å². The third kappa shape index (κ3) is 2.89. The van der Waals surface area contributed by atoms with Crippen LogP contribution in [0.5, 0.6) is 0 Å². The number of hydrogen-bond acceptors (Lipinski definition) is 2. The Morgan fingerprint density at radius 3 is 3.00 bits per heavy atom. The predicted octanol–water partition coefficient (Wildman–Crippen LogP) is 2.18. The van der Waals surface area contributed by atoms with Crippen molar-refractivity contribution in [2.24, 2.45) is 0 Å². The topological polar surface area (TPSA) is 30.2 Å². The van der Waals surface area contributed by atoms with Gasteiger partial charge in [-0.2, -0.15) is 0 Å². The van der Waals surface area contributed by atoms with Gasteiger partial charge >= 0.3 is 0 Å². The van der Waals surface area contributed by atoms with E-state index in [-0.39, 0.29) is 5.78 Å². The fourth-order valence-electron chi connectivity index (χ4n) is 0.784. The highest BCUT2D eigenvalue weighted by molar-refractivity contribution is 9.09. The summed E-state index contributed by atoms with van der Waals surface area (Å²) in [4.78, 5) is 10.8. The van der Waals surface area contributed by atoms with Crippen molar-refractivity contribution in [2.75, 3.05) is 5.33 Å². The smallest absolute Gasteiger partial charge is 0.143 e. The minimum absolute atomic E-state index is 0.210. The van der Waals surface area contributed by atoms with E-state index in [9.17, 15) is 4.79 Å². The van der Waals surface area contributed by atoms with E-state index < -0.39 is 0 Å². The molecule has 0 saturated heterocycles. The van der Waals surface area contributed by atoms with Gasteiger partial charge in [0.25, 0.3) is 0 Å². The summed E-state index contributed by atoms with van der Waals surface area (Å²) in [5.74, 6) is 1.08. The third-order valence-corrected chi connectivity index (χ3v) is 2.00. The molecule has 0 spiro atoms. The molecule has 2 nitrogen and oxygen atoms in total. The highest BCUT2D eigenvalue weighted by Gasteiger charge is 2.01. The Bertz CT molecular complexity index is 216. The number of ketones is 1. The minimum atomic E-state index is 0.210. The summed E-state index contributed by atoms with van der Waals surface area (Å²) >= 11 is 3.10. The van der Waals surface area contributed by atoms with Crippen LogP contribution in [0.1, 0.15) is 12.2 Å². The quantitative estimate of drug-likeness (QED) is 0.723. The van der Waals surface area contributed by atoms with Crippen LogP contribution < -0.4 is 0 Å². The molecule has 0 atom stereocenters. The minimum Gasteiger partial charge on any atom is -0.469 e. The van der Waals surface area contributed by atoms with E-state index in [0.717, 1.165) is 5.76 Å². The third-order valence-electron chi connectivity index (χ3n) is 1.38. The average Bonchev–Trinajstić information content (AvgIpc) is 2.52. The highest BCUT2D eigenvalue weighted by atomic mass is 79.9. The van der Waals surface area contributed by atoms with Crippen molar-refractivity contribution in [3.8, 4) is 0 Å². The van der Waals surface area contributed by atoms with Crippen LogP contribution in [0.3, 0.4) is 0 Å². The molecule has 0 bridgehead atoms. The zero-order valence-corrected chi connectivity index (χ0v) is 7.63. The van der Waals surface area contributed by atoms with Crippen molar-refractivity contribution in [1.82, 2.24) is 0 Å². The molecular formula is C8H9BrO2. The lowest BCUT2D eigenvalue weighted by atomic mass is 10.2. The van der Waals surface area contributed by atoms with Gasteiger partial charge in [0, 0.05) is 12.8 Å². The van der Waals surface area contributed by atoms with Gasteiger partial charge in [-0.25, -0.2) is 0 Å². The molecule has 0 aliphatic carbocycles. The van der Waals surface area contributed by atoms with E-state index in [1.807, 2.05) is 12.1 Å². The van der Waals surface area contributed by atoms with Gasteiger partial charge in [0.05, 0.1) is 11.6 Å². The molecule has 11 heavy (non-hydrogen) atoms. The van der Waals surface area contributed by atoms with E-state index in [0.29, 0.717) is 18.2 Å². The Hall–Kier alpha value is -0.570. The van der Waals surface area contributed by atoms with Gasteiger partial charge < -0.3 is 4.42 Å². The van der Waals surface area contributed by atoms with Gasteiger partial charge in [-0.3, -0.25) is 4.79 Å². The lowest BCUT2D eigenvalue weighted by Gasteiger charge is -1.92. The van der Waals surface area contributed by atoms with E-state index in [2.05, 4.69) is 15.9 Å². The predicted molar refractivity (Wildman–Crippen MR) is 45.8 cm³/mol. The first-order chi connectivity index (χ1) is 5.33. The molecule has 0 fully saturated rings. The second-order valence-electron chi connectivity index (χ2n) is 2.25. The molecule has 0 aromatic carbocycles. The van der Waals surface area contributed by atoms with Crippen molar-refractivity contribution < 1.29 is 9.21 Å². The number of carbonyl (C=O) groups is 1. The van der Waals surface area contributed by atoms with Gasteiger partial charge in [0.2, 0.25) is 0 Å². The summed E-state index contributed by atoms with van der Waals surface area (Å²) < 4.78 is 5.06. The van der Waals surface area contributed by atoms with Crippen LogP contribution in [-0.4, -0.2) is 11.1 Å². The summed E-state index contributed by atoms with van der Waals surface area (Å²) in [6, 6.07) is 3.70. The van der Waals surface area contributed by atoms with Gasteiger partial charge in [-0.1, -0.05) is 15.9 Å². The van der Waals surface area contributed by atoms with Crippen molar-refractivity contribution in [3.63, 3.8) is 0 Å². The van der Waals surface area contributed by atoms with Crippen LogP contribution in [-0.2, 0) is 11.2 Å². The number of Topliss-reactive ketones (excluding diaryl/α,β-unsaturated/α-hetero) is 1. The van der Waals surface area contributed by atoms with Crippen molar-refractivity contribution in [2.45, 2.75) is 12.8 Å². The lowest BCUT2D eigenvalue weighted by molar-refractivity contribution is -0.116. The van der Waals surface area contributed by atoms with Crippen LogP contribution in [0, 0.1) is 0 Å². The van der Waals surface area contributed by atoms with Crippen LogP contribution >= 0.6 is 15.9 Å². The Morgan fingerprint density at radius 2 is 2.45 bits per heavy atom. The summed E-state index contributed by atoms with van der Waals surface area (Å²) in [5.41, 5.74) is 0. The van der Waals surface area contributed by atoms with Gasteiger partial charge in [0.1, 0.15) is 11.5 Å². The molecule has 0 saturated carbocycles. The monoisotopic (exact) mass is 216 g/mol. The molecule has 1 aromatic rings. The second-order valence-corrected chi connectivity index (χ2v) is 2.81. The lowest BCUT2D eigenvalue weighted by Crippen LogP contribution is -1.99. The number of hydrogen-bond donors (Lipinski definition) is 0. The fourth-order valence-corrected chi connectivity index (χ4v) is 1.06. The maximum Gasteiger partial charge on any atom is 0.143 e. The molecule has 1 aromatic heterocycles. The molecule has 1 heterocycles. The molecule has 0 radical (unpaired) electrons. The maximum atomic E-state index is 10.8. The molecule has 0 unspecified atom stereocenters. The van der Waals surface area contributed by atoms with Crippen molar-refractivity contribution in [1.29, 1.82) is 0 Å². The number of aryl methyl sites for hydroxylation is 1. The normalized spacial score (nSPS) is 9.91. The zero-order chi connectivity index (χ0) is 8.10. The summed E-state index contributed by atoms with van der Waals surface area (Å²) in [5, 5.41) is 0.438. The first-order valence-corrected chi connectivity index (χ1v) is 4.55. The Labute approximate surface area is 73.7 Å². The van der Waals surface area contributed by atoms with Crippen LogP contribution in [0.15, 0.2) is 22.8 Å². The van der Waals surface area contributed by atoms with Crippen molar-refractivity contribution in [3.05, 3.63) is 24.2 Å². The van der Waals surface area contributed by atoms with E-state index >= 15 is 0 Å². The SMILES string of the molecule is O=C(CBr)CCc1ccco1. The molecule has 1 rings (SSSR count). The number of carbonyl (C=O) groups excluding carboxylic acids is 1. The highest BCUT2D eigenvalue weighted by Crippen LogP contribution is 2.04. The standard InChI is InChI=1S/C8H9BrO2/c9-6-7(10)3-4-8-2-1-5-11-8/h1-2,5H,3-4,6H2. The molecule has 0 aliphatic heterocycles. The summed E-state index contributed by atoms with van der Waals surface area (Å²) in [6.07, 6.45) is 2.88. The van der Waals surface area contributed by atoms with Crippen LogP contribution in [0.25, 0.3) is 0 Å². The molecule has 0 N–H and O–H groups in total. The number of alkyl halides is 1. The first kappa shape index (κ1) is 8.53. The molecule has 3 heteroatoms. The van der Waals surface area contributed by atoms with Crippen LogP contribution in [0.2, 0.25) is 0 Å². The Balaban J connectivity index is 2.29. The molecular weight excluding hydrogens is 208 g/mol. The van der Waals surface area contributed by atoms with Crippen LogP contribution in [0.4, 0.5) is 0 Å².